The molecule has 0 saturated carbocycles. The fourth-order valence-corrected chi connectivity index (χ4v) is 0. The van der Waals surface area contributed by atoms with Gasteiger partial charge in [-0.15, -0.1) is 0 Å². The average molecular weight is 420 g/mol. The minimum absolute atomic E-state index is 0. The van der Waals surface area contributed by atoms with Gasteiger partial charge in [-0.1, -0.05) is 0 Å². The summed E-state index contributed by atoms with van der Waals surface area (Å²) in [6, 6.07) is 0. The fraction of sp³-hybridized carbons (Fsp3) is 0. The van der Waals surface area contributed by atoms with E-state index < -0.39 is 11.9 Å². The first-order valence-electron chi connectivity index (χ1n) is 1.07. The van der Waals surface area contributed by atoms with Crippen LogP contribution in [0.1, 0.15) is 0 Å². The Kier molecular flexibility index (Phi) is 16.5. The van der Waals surface area contributed by atoms with Crippen LogP contribution in [0.4, 0.5) is 0 Å². The molecule has 0 radical (unpaired) electrons. The summed E-state index contributed by atoms with van der Waals surface area (Å²) in [5.74, 6) is -4.37. The molecule has 0 aromatic rings. The summed E-state index contributed by atoms with van der Waals surface area (Å²) in [6.45, 7) is 0. The second kappa shape index (κ2) is 8.20. The molecule has 0 fully saturated rings. The molecule has 8 heavy (non-hydrogen) atoms. The number of carbonyl (C=O) groups is 2. The van der Waals surface area contributed by atoms with Crippen molar-refractivity contribution in [3.8, 4) is 0 Å². The van der Waals surface area contributed by atoms with Crippen LogP contribution in [0.3, 0.4) is 0 Å². The Hall–Kier alpha value is 1.20. The van der Waals surface area contributed by atoms with Gasteiger partial charge in [0.25, 0.3) is 0 Å². The van der Waals surface area contributed by atoms with E-state index in [2.05, 4.69) is 0 Å². The van der Waals surface area contributed by atoms with E-state index in [0.29, 0.717) is 0 Å². The monoisotopic (exact) mass is 421 g/mol. The molecular formula is C2BaO4Pt. The number of carboxylic acids is 2. The average Bonchev–Trinajstić information content (AvgIpc) is 1.36. The molecule has 0 unspecified atom stereocenters. The molecule has 0 atom stereocenters. The van der Waals surface area contributed by atoms with Gasteiger partial charge in [0.1, 0.15) is 0 Å². The van der Waals surface area contributed by atoms with E-state index in [4.69, 9.17) is 19.8 Å². The zero-order valence-electron chi connectivity index (χ0n) is 3.66. The standard InChI is InChI=1S/C2H2O4.Ba.Pt/c3-1(4)2(5)6;;/h(H,3,4)(H,5,6);;/q;+2;/p-2. The van der Waals surface area contributed by atoms with Crippen molar-refractivity contribution in [3.05, 3.63) is 0 Å². The zero-order valence-corrected chi connectivity index (χ0v) is 10.4. The summed E-state index contributed by atoms with van der Waals surface area (Å²) in [5.41, 5.74) is 0. The second-order valence-electron chi connectivity index (χ2n) is 0.575. The first kappa shape index (κ1) is 16.1. The van der Waals surface area contributed by atoms with Crippen molar-refractivity contribution in [2.24, 2.45) is 0 Å². The number of carboxylic acid groups (broad SMARTS) is 2. The summed E-state index contributed by atoms with van der Waals surface area (Å²) in [4.78, 5) is 17.9. The summed E-state index contributed by atoms with van der Waals surface area (Å²) < 4.78 is 0. The Morgan fingerprint density at radius 1 is 1.00 bits per heavy atom. The van der Waals surface area contributed by atoms with E-state index in [1.807, 2.05) is 0 Å². The molecule has 0 aliphatic rings. The maximum atomic E-state index is 8.93. The number of rotatable bonds is 0. The van der Waals surface area contributed by atoms with Crippen LogP contribution in [-0.2, 0) is 30.7 Å². The third-order valence-corrected chi connectivity index (χ3v) is 0.167. The van der Waals surface area contributed by atoms with Gasteiger partial charge in [-0.2, -0.15) is 0 Å². The van der Waals surface area contributed by atoms with E-state index in [1.54, 1.807) is 0 Å². The summed E-state index contributed by atoms with van der Waals surface area (Å²) in [7, 11) is 0. The van der Waals surface area contributed by atoms with Gasteiger partial charge in [0.15, 0.2) is 0 Å². The first-order chi connectivity index (χ1) is 2.64. The van der Waals surface area contributed by atoms with E-state index in [-0.39, 0.29) is 69.9 Å². The molecule has 0 rings (SSSR count). The molecule has 0 aromatic carbocycles. The van der Waals surface area contributed by atoms with Crippen LogP contribution in [0, 0.1) is 0 Å². The largest absolute Gasteiger partial charge is 2.00 e. The molecule has 0 aliphatic carbocycles. The molecule has 0 saturated heterocycles. The quantitative estimate of drug-likeness (QED) is 0.297. The molecule has 44 valence electrons. The van der Waals surface area contributed by atoms with Gasteiger partial charge in [-0.3, -0.25) is 0 Å². The van der Waals surface area contributed by atoms with Gasteiger partial charge in [0.05, 0.1) is 11.9 Å². The van der Waals surface area contributed by atoms with Crippen LogP contribution in [-0.4, -0.2) is 60.8 Å². The van der Waals surface area contributed by atoms with Crippen LogP contribution in [0.15, 0.2) is 0 Å². The Balaban J connectivity index is -0.000000125. The summed E-state index contributed by atoms with van der Waals surface area (Å²) in [6.07, 6.45) is 0. The summed E-state index contributed by atoms with van der Waals surface area (Å²) in [5, 5.41) is 17.9. The molecule has 0 aromatic heterocycles. The van der Waals surface area contributed by atoms with Crippen molar-refractivity contribution >= 4 is 60.8 Å². The molecule has 0 heterocycles. The van der Waals surface area contributed by atoms with Crippen molar-refractivity contribution in [1.29, 1.82) is 0 Å². The molecule has 0 aliphatic heterocycles. The Morgan fingerprint density at radius 2 is 1.12 bits per heavy atom. The van der Waals surface area contributed by atoms with Gasteiger partial charge in [0, 0.05) is 21.1 Å². The van der Waals surface area contributed by atoms with Gasteiger partial charge in [-0.05, 0) is 0 Å². The minimum Gasteiger partial charge on any atom is -0.543 e. The molecule has 0 N–H and O–H groups in total. The number of hydrogen-bond acceptors (Lipinski definition) is 4. The third kappa shape index (κ3) is 10.2. The normalized spacial score (nSPS) is 5.50. The number of aliphatic carboxylic acids is 2. The van der Waals surface area contributed by atoms with Crippen molar-refractivity contribution in [2.45, 2.75) is 0 Å². The van der Waals surface area contributed by atoms with Crippen LogP contribution in [0.25, 0.3) is 0 Å². The maximum absolute atomic E-state index is 8.93. The third-order valence-electron chi connectivity index (χ3n) is 0.167. The fourth-order valence-electron chi connectivity index (χ4n) is 0. The maximum Gasteiger partial charge on any atom is 2.00 e. The Morgan fingerprint density at radius 3 is 1.12 bits per heavy atom. The van der Waals surface area contributed by atoms with E-state index in [0.717, 1.165) is 0 Å². The van der Waals surface area contributed by atoms with Crippen LogP contribution in [0.2, 0.25) is 0 Å². The SMILES string of the molecule is O=C([O-])C(=O)[O-].[Ba+2].[Pt]. The molecule has 4 nitrogen and oxygen atoms in total. The van der Waals surface area contributed by atoms with E-state index in [1.165, 1.54) is 0 Å². The summed E-state index contributed by atoms with van der Waals surface area (Å²) >= 11 is 0. The molecule has 0 spiro atoms. The predicted octanol–water partition coefficient (Wildman–Crippen LogP) is -3.90. The van der Waals surface area contributed by atoms with Crippen molar-refractivity contribution in [1.82, 2.24) is 0 Å². The topological polar surface area (TPSA) is 80.3 Å². The van der Waals surface area contributed by atoms with Gasteiger partial charge >= 0.3 is 48.9 Å². The van der Waals surface area contributed by atoms with Crippen LogP contribution < -0.4 is 10.2 Å². The number of carbonyl (C=O) groups excluding carboxylic acids is 2. The van der Waals surface area contributed by atoms with E-state index >= 15 is 0 Å². The first-order valence-corrected chi connectivity index (χ1v) is 1.07. The Bertz CT molecular complexity index is 80.0. The van der Waals surface area contributed by atoms with Crippen LogP contribution in [0.5, 0.6) is 0 Å². The number of hydrogen-bond donors (Lipinski definition) is 0. The van der Waals surface area contributed by atoms with Crippen molar-refractivity contribution in [3.63, 3.8) is 0 Å². The van der Waals surface area contributed by atoms with Crippen LogP contribution >= 0.6 is 0 Å². The van der Waals surface area contributed by atoms with Gasteiger partial charge in [-0.25, -0.2) is 0 Å². The zero-order chi connectivity index (χ0) is 5.15. The van der Waals surface area contributed by atoms with Crippen molar-refractivity contribution < 1.29 is 40.9 Å². The minimum atomic E-state index is -2.19. The second-order valence-corrected chi connectivity index (χ2v) is 0.575. The molecular weight excluding hydrogens is 420 g/mol. The molecule has 6 heteroatoms. The predicted molar refractivity (Wildman–Crippen MR) is 15.8 cm³/mol. The molecule has 0 amide bonds. The smallest absolute Gasteiger partial charge is 0.543 e. The Labute approximate surface area is 100.0 Å². The van der Waals surface area contributed by atoms with E-state index in [9.17, 15) is 0 Å². The molecule has 0 bridgehead atoms. The van der Waals surface area contributed by atoms with Crippen molar-refractivity contribution in [2.75, 3.05) is 0 Å². The van der Waals surface area contributed by atoms with Gasteiger partial charge < -0.3 is 19.8 Å². The van der Waals surface area contributed by atoms with Gasteiger partial charge in [0.2, 0.25) is 0 Å².